The third-order valence-corrected chi connectivity index (χ3v) is 10.5. The molecule has 0 radical (unpaired) electrons. The maximum Gasteiger partial charge on any atom is 0.264 e. The van der Waals surface area contributed by atoms with Crippen LogP contribution >= 0.6 is 0 Å². The number of piperidine rings is 1. The summed E-state index contributed by atoms with van der Waals surface area (Å²) in [5, 5.41) is 11.0. The van der Waals surface area contributed by atoms with Crippen molar-refractivity contribution in [3.8, 4) is 0 Å². The van der Waals surface area contributed by atoms with E-state index in [0.717, 1.165) is 11.4 Å². The van der Waals surface area contributed by atoms with Crippen LogP contribution < -0.4 is 21.3 Å². The number of benzene rings is 2. The van der Waals surface area contributed by atoms with Crippen LogP contribution in [0.25, 0.3) is 11.6 Å². The van der Waals surface area contributed by atoms with Gasteiger partial charge < -0.3 is 25.8 Å². The lowest BCUT2D eigenvalue weighted by Gasteiger charge is -2.34. The van der Waals surface area contributed by atoms with Gasteiger partial charge in [-0.2, -0.15) is 0 Å². The number of H-pyrrole nitrogens is 1. The molecule has 1 unspecified atom stereocenters. The SMILES string of the molecule is Cc1[nH]c(/C=C2\C(=O)Nc3ccc(F)cc32)c(C)c1C(=O)NCCCN1CCN(C(=O)CCNc2cccc3c2C(=O)N(C2CCC(=O)NC2=O)C3=O)CC1. The van der Waals surface area contributed by atoms with Crippen molar-refractivity contribution in [3.63, 3.8) is 0 Å². The van der Waals surface area contributed by atoms with Gasteiger partial charge in [0.05, 0.1) is 22.3 Å². The highest BCUT2D eigenvalue weighted by molar-refractivity contribution is 6.35. The van der Waals surface area contributed by atoms with Gasteiger partial charge in [0, 0.05) is 80.4 Å². The lowest BCUT2D eigenvalue weighted by atomic mass is 10.0. The summed E-state index contributed by atoms with van der Waals surface area (Å²) in [5.74, 6) is -3.38. The van der Waals surface area contributed by atoms with Crippen molar-refractivity contribution in [2.75, 3.05) is 56.4 Å². The Balaban J connectivity index is 0.842. The van der Waals surface area contributed by atoms with Crippen LogP contribution in [-0.2, 0) is 19.2 Å². The fourth-order valence-corrected chi connectivity index (χ4v) is 7.65. The molecule has 0 aliphatic carbocycles. The number of rotatable bonds is 11. The second-order valence-electron chi connectivity index (χ2n) is 14.0. The molecule has 55 heavy (non-hydrogen) atoms. The Bertz CT molecular complexity index is 2170. The highest BCUT2D eigenvalue weighted by Crippen LogP contribution is 2.35. The smallest absolute Gasteiger partial charge is 0.264 e. The number of aryl methyl sites for hydroxylation is 1. The maximum atomic E-state index is 13.9. The Morgan fingerprint density at radius 2 is 1.73 bits per heavy atom. The summed E-state index contributed by atoms with van der Waals surface area (Å²) in [6, 6.07) is 7.87. The van der Waals surface area contributed by atoms with Crippen molar-refractivity contribution >= 4 is 64.4 Å². The average Bonchev–Trinajstić information content (AvgIpc) is 3.72. The zero-order valence-corrected chi connectivity index (χ0v) is 30.5. The third-order valence-electron chi connectivity index (χ3n) is 10.5. The van der Waals surface area contributed by atoms with E-state index in [1.54, 1.807) is 37.0 Å². The highest BCUT2D eigenvalue weighted by atomic mass is 19.1. The molecule has 5 N–H and O–H groups in total. The summed E-state index contributed by atoms with van der Waals surface area (Å²) in [6.45, 7) is 7.47. The molecule has 2 aromatic carbocycles. The number of nitrogens with zero attached hydrogens (tertiary/aromatic N) is 3. The molecule has 15 nitrogen and oxygen atoms in total. The van der Waals surface area contributed by atoms with Gasteiger partial charge in [-0.05, 0) is 75.2 Å². The molecule has 286 valence electrons. The van der Waals surface area contributed by atoms with Crippen LogP contribution in [0.15, 0.2) is 36.4 Å². The number of piperazine rings is 1. The van der Waals surface area contributed by atoms with Gasteiger partial charge in [-0.3, -0.25) is 48.7 Å². The van der Waals surface area contributed by atoms with E-state index in [1.807, 2.05) is 0 Å². The fraction of sp³-hybridized carbons (Fsp3) is 0.359. The summed E-state index contributed by atoms with van der Waals surface area (Å²) in [7, 11) is 0. The first-order valence-corrected chi connectivity index (χ1v) is 18.3. The largest absolute Gasteiger partial charge is 0.384 e. The number of carbonyl (C=O) groups excluding carboxylic acids is 7. The summed E-state index contributed by atoms with van der Waals surface area (Å²) in [6.07, 6.45) is 2.61. The monoisotopic (exact) mass is 752 g/mol. The first-order chi connectivity index (χ1) is 26.4. The fourth-order valence-electron chi connectivity index (χ4n) is 7.65. The third kappa shape index (κ3) is 7.36. The number of amides is 7. The van der Waals surface area contributed by atoms with Crippen molar-refractivity contribution in [1.82, 2.24) is 30.3 Å². The zero-order valence-electron chi connectivity index (χ0n) is 30.5. The van der Waals surface area contributed by atoms with Crippen LogP contribution in [0.1, 0.15) is 79.3 Å². The number of anilines is 2. The standard InChI is InChI=1S/C39H41FN8O7/c1-21-29(20-26-25-19-23(40)7-8-27(25)44-35(26)51)43-22(2)33(21)37(53)42-12-4-14-46-15-17-47(18-16-46)32(50)11-13-41-28-6-3-5-24-34(28)39(55)48(38(24)54)30-9-10-31(49)45-36(30)52/h3,5-8,19-20,30,41,43H,4,9-18H2,1-2H3,(H,42,53)(H,44,51)(H,45,49,52)/b26-20-. The number of aromatic nitrogens is 1. The zero-order chi connectivity index (χ0) is 39.0. The van der Waals surface area contributed by atoms with Crippen LogP contribution in [0.2, 0.25) is 0 Å². The Labute approximate surface area is 315 Å². The van der Waals surface area contributed by atoms with Gasteiger partial charge in [-0.1, -0.05) is 6.07 Å². The predicted octanol–water partition coefficient (Wildman–Crippen LogP) is 2.43. The van der Waals surface area contributed by atoms with Gasteiger partial charge in [-0.25, -0.2) is 4.39 Å². The number of hydrogen-bond acceptors (Lipinski definition) is 9. The quantitative estimate of drug-likeness (QED) is 0.111. The molecule has 2 saturated heterocycles. The molecule has 0 bridgehead atoms. The molecular weight excluding hydrogens is 711 g/mol. The van der Waals surface area contributed by atoms with Crippen LogP contribution in [0.4, 0.5) is 15.8 Å². The van der Waals surface area contributed by atoms with Crippen molar-refractivity contribution in [1.29, 1.82) is 0 Å². The second kappa shape index (κ2) is 15.3. The van der Waals surface area contributed by atoms with Crippen molar-refractivity contribution in [3.05, 3.63) is 81.4 Å². The highest BCUT2D eigenvalue weighted by Gasteiger charge is 2.45. The van der Waals surface area contributed by atoms with Gasteiger partial charge in [0.25, 0.3) is 23.6 Å². The summed E-state index contributed by atoms with van der Waals surface area (Å²) < 4.78 is 13.9. The summed E-state index contributed by atoms with van der Waals surface area (Å²) in [4.78, 5) is 97.4. The predicted molar refractivity (Wildman–Crippen MR) is 199 cm³/mol. The molecule has 0 spiro atoms. The molecule has 4 aliphatic rings. The number of fused-ring (bicyclic) bond motifs is 2. The molecule has 5 heterocycles. The molecule has 1 atom stereocenters. The minimum Gasteiger partial charge on any atom is -0.384 e. The second-order valence-corrected chi connectivity index (χ2v) is 14.0. The van der Waals surface area contributed by atoms with E-state index < -0.39 is 35.5 Å². The topological polar surface area (TPSA) is 193 Å². The molecule has 7 rings (SSSR count). The van der Waals surface area contributed by atoms with Crippen LogP contribution in [-0.4, -0.2) is 113 Å². The summed E-state index contributed by atoms with van der Waals surface area (Å²) >= 11 is 0. The normalized spacial score (nSPS) is 19.1. The molecule has 7 amide bonds. The first-order valence-electron chi connectivity index (χ1n) is 18.3. The number of hydrogen-bond donors (Lipinski definition) is 5. The van der Waals surface area contributed by atoms with E-state index in [0.29, 0.717) is 84.2 Å². The van der Waals surface area contributed by atoms with E-state index >= 15 is 0 Å². The molecule has 4 aliphatic heterocycles. The number of nitrogens with one attached hydrogen (secondary N) is 5. The van der Waals surface area contributed by atoms with Gasteiger partial charge in [0.2, 0.25) is 17.7 Å². The summed E-state index contributed by atoms with van der Waals surface area (Å²) in [5.41, 5.74) is 4.47. The Hall–Kier alpha value is -6.16. The molecule has 0 saturated carbocycles. The van der Waals surface area contributed by atoms with E-state index in [2.05, 4.69) is 31.2 Å². The lowest BCUT2D eigenvalue weighted by molar-refractivity contribution is -0.136. The van der Waals surface area contributed by atoms with E-state index in [4.69, 9.17) is 0 Å². The van der Waals surface area contributed by atoms with Crippen LogP contribution in [0, 0.1) is 19.7 Å². The number of aromatic amines is 1. The molecule has 1 aromatic heterocycles. The van der Waals surface area contributed by atoms with Crippen LogP contribution in [0.5, 0.6) is 0 Å². The Morgan fingerprint density at radius 1 is 0.945 bits per heavy atom. The van der Waals surface area contributed by atoms with Gasteiger partial charge in [0.15, 0.2) is 0 Å². The van der Waals surface area contributed by atoms with Crippen LogP contribution in [0.3, 0.4) is 0 Å². The number of halogens is 1. The van der Waals surface area contributed by atoms with Crippen molar-refractivity contribution in [2.24, 2.45) is 0 Å². The molecular formula is C39H41FN8O7. The van der Waals surface area contributed by atoms with E-state index in [-0.39, 0.29) is 54.7 Å². The first kappa shape index (κ1) is 37.2. The lowest BCUT2D eigenvalue weighted by Crippen LogP contribution is -2.54. The Morgan fingerprint density at radius 3 is 2.49 bits per heavy atom. The van der Waals surface area contributed by atoms with E-state index in [9.17, 15) is 38.0 Å². The number of imide groups is 2. The number of carbonyl (C=O) groups is 7. The average molecular weight is 753 g/mol. The minimum absolute atomic E-state index is 0.0332. The molecule has 2 fully saturated rings. The minimum atomic E-state index is -1.06. The van der Waals surface area contributed by atoms with E-state index in [1.165, 1.54) is 24.3 Å². The maximum absolute atomic E-state index is 13.9. The Kier molecular flexibility index (Phi) is 10.3. The van der Waals surface area contributed by atoms with Gasteiger partial charge in [-0.15, -0.1) is 0 Å². The van der Waals surface area contributed by atoms with Gasteiger partial charge >= 0.3 is 0 Å². The molecule has 16 heteroatoms. The van der Waals surface area contributed by atoms with Gasteiger partial charge in [0.1, 0.15) is 11.9 Å². The van der Waals surface area contributed by atoms with Crippen molar-refractivity contribution < 1.29 is 38.0 Å². The van der Waals surface area contributed by atoms with Crippen molar-refractivity contribution in [2.45, 2.75) is 45.6 Å². The molecule has 3 aromatic rings.